The number of anilines is 2. The van der Waals surface area contributed by atoms with E-state index in [2.05, 4.69) is 5.32 Å². The van der Waals surface area contributed by atoms with Crippen LogP contribution in [0.2, 0.25) is 0 Å². The van der Waals surface area contributed by atoms with Crippen molar-refractivity contribution >= 4 is 28.8 Å². The van der Waals surface area contributed by atoms with Gasteiger partial charge in [0.25, 0.3) is 11.8 Å². The quantitative estimate of drug-likeness (QED) is 0.522. The molecule has 1 aliphatic rings. The van der Waals surface area contributed by atoms with E-state index in [0.29, 0.717) is 28.3 Å². The molecule has 1 aliphatic heterocycles. The van der Waals surface area contributed by atoms with Gasteiger partial charge in [-0.25, -0.2) is 4.90 Å². The summed E-state index contributed by atoms with van der Waals surface area (Å²) in [6.07, 6.45) is 0. The van der Waals surface area contributed by atoms with E-state index in [-0.39, 0.29) is 17.5 Å². The van der Waals surface area contributed by atoms with Gasteiger partial charge >= 0.3 is 0 Å². The van der Waals surface area contributed by atoms with Crippen LogP contribution in [-0.2, 0) is 9.59 Å². The van der Waals surface area contributed by atoms with Crippen molar-refractivity contribution in [2.45, 2.75) is 34.6 Å². The number of carbonyl (C=O) groups excluding carboxylic acids is 2. The fourth-order valence-electron chi connectivity index (χ4n) is 4.06. The molecule has 2 amide bonds. The Labute approximate surface area is 194 Å². The molecule has 0 spiro atoms. The Morgan fingerprint density at radius 1 is 0.788 bits per heavy atom. The van der Waals surface area contributed by atoms with E-state index in [0.717, 1.165) is 27.8 Å². The van der Waals surface area contributed by atoms with Gasteiger partial charge in [-0.2, -0.15) is 0 Å². The molecule has 1 N–H and O–H groups in total. The van der Waals surface area contributed by atoms with Crippen LogP contribution in [0.15, 0.2) is 60.3 Å². The molecule has 0 aromatic heterocycles. The van der Waals surface area contributed by atoms with Gasteiger partial charge in [0.15, 0.2) is 0 Å². The number of nitrogens with zero attached hydrogens (tertiary/aromatic N) is 1. The largest absolute Gasteiger partial charge is 0.495 e. The summed E-state index contributed by atoms with van der Waals surface area (Å²) in [5.41, 5.74) is 7.64. The lowest BCUT2D eigenvalue weighted by Crippen LogP contribution is -2.33. The van der Waals surface area contributed by atoms with Gasteiger partial charge in [0.1, 0.15) is 11.4 Å². The highest BCUT2D eigenvalue weighted by Gasteiger charge is 2.41. The normalized spacial score (nSPS) is 13.7. The van der Waals surface area contributed by atoms with Crippen molar-refractivity contribution in [2.24, 2.45) is 0 Å². The molecule has 0 aliphatic carbocycles. The fraction of sp³-hybridized carbons (Fsp3) is 0.214. The summed E-state index contributed by atoms with van der Waals surface area (Å²) in [5.74, 6) is -0.130. The number of amides is 2. The SMILES string of the molecule is COc1ccc(C)cc1NC1=C(c2ccc(C)c(C)c2)C(=O)N(c2cccc(C)c2C)C1=O. The van der Waals surface area contributed by atoms with Crippen LogP contribution in [0.4, 0.5) is 11.4 Å². The standard InChI is InChI=1S/C28H28N2O3/c1-16-10-13-24(33-6)22(14-16)29-26-25(21-12-11-17(2)19(4)15-21)27(31)30(28(26)32)23-9-7-8-18(3)20(23)5/h7-15,29H,1-6H3. The lowest BCUT2D eigenvalue weighted by Gasteiger charge is -2.19. The van der Waals surface area contributed by atoms with E-state index >= 15 is 0 Å². The van der Waals surface area contributed by atoms with E-state index in [1.54, 1.807) is 7.11 Å². The molecule has 0 unspecified atom stereocenters. The molecule has 4 rings (SSSR count). The van der Waals surface area contributed by atoms with E-state index in [4.69, 9.17) is 4.74 Å². The molecular formula is C28H28N2O3. The molecule has 168 valence electrons. The minimum atomic E-state index is -0.384. The van der Waals surface area contributed by atoms with Crippen LogP contribution >= 0.6 is 0 Å². The number of methoxy groups -OCH3 is 1. The highest BCUT2D eigenvalue weighted by Crippen LogP contribution is 2.37. The zero-order valence-electron chi connectivity index (χ0n) is 19.9. The third-order valence-corrected chi connectivity index (χ3v) is 6.31. The second-order valence-electron chi connectivity index (χ2n) is 8.54. The zero-order valence-corrected chi connectivity index (χ0v) is 19.9. The highest BCUT2D eigenvalue weighted by molar-refractivity contribution is 6.46. The van der Waals surface area contributed by atoms with Crippen LogP contribution in [0.1, 0.15) is 33.4 Å². The molecular weight excluding hydrogens is 412 g/mol. The highest BCUT2D eigenvalue weighted by atomic mass is 16.5. The van der Waals surface area contributed by atoms with Gasteiger partial charge in [0, 0.05) is 0 Å². The number of imide groups is 1. The molecule has 0 radical (unpaired) electrons. The number of rotatable bonds is 5. The number of aryl methyl sites for hydroxylation is 4. The Morgan fingerprint density at radius 3 is 2.24 bits per heavy atom. The average molecular weight is 441 g/mol. The van der Waals surface area contributed by atoms with Crippen LogP contribution in [0.3, 0.4) is 0 Å². The molecule has 0 bridgehead atoms. The van der Waals surface area contributed by atoms with Crippen LogP contribution in [0.5, 0.6) is 5.75 Å². The predicted octanol–water partition coefficient (Wildman–Crippen LogP) is 5.63. The zero-order chi connectivity index (χ0) is 23.9. The first kappa shape index (κ1) is 22.3. The maximum absolute atomic E-state index is 13.8. The minimum absolute atomic E-state index is 0.244. The van der Waals surface area contributed by atoms with Crippen LogP contribution in [-0.4, -0.2) is 18.9 Å². The van der Waals surface area contributed by atoms with Gasteiger partial charge in [-0.05, 0) is 86.2 Å². The van der Waals surface area contributed by atoms with E-state index < -0.39 is 0 Å². The molecule has 5 heteroatoms. The number of ether oxygens (including phenoxy) is 1. The van der Waals surface area contributed by atoms with Gasteiger partial charge in [-0.3, -0.25) is 9.59 Å². The van der Waals surface area contributed by atoms with E-state index in [1.165, 1.54) is 4.90 Å². The first-order chi connectivity index (χ1) is 15.7. The van der Waals surface area contributed by atoms with E-state index in [1.807, 2.05) is 89.2 Å². The Kier molecular flexibility index (Phi) is 5.81. The minimum Gasteiger partial charge on any atom is -0.495 e. The Morgan fingerprint density at radius 2 is 1.55 bits per heavy atom. The summed E-state index contributed by atoms with van der Waals surface area (Å²) in [5, 5.41) is 3.24. The van der Waals surface area contributed by atoms with Crippen LogP contribution < -0.4 is 15.0 Å². The van der Waals surface area contributed by atoms with Crippen molar-refractivity contribution in [3.8, 4) is 5.75 Å². The number of nitrogens with one attached hydrogen (secondary N) is 1. The van der Waals surface area contributed by atoms with Crippen molar-refractivity contribution in [1.29, 1.82) is 0 Å². The van der Waals surface area contributed by atoms with E-state index in [9.17, 15) is 9.59 Å². The lowest BCUT2D eigenvalue weighted by molar-refractivity contribution is -0.120. The summed E-state index contributed by atoms with van der Waals surface area (Å²) < 4.78 is 5.50. The maximum atomic E-state index is 13.8. The Bertz CT molecular complexity index is 1320. The molecule has 3 aromatic rings. The molecule has 0 fully saturated rings. The lowest BCUT2D eigenvalue weighted by atomic mass is 9.99. The van der Waals surface area contributed by atoms with Gasteiger partial charge in [-0.1, -0.05) is 36.4 Å². The molecule has 0 saturated heterocycles. The molecule has 5 nitrogen and oxygen atoms in total. The average Bonchev–Trinajstić information content (AvgIpc) is 3.02. The van der Waals surface area contributed by atoms with Gasteiger partial charge in [0.05, 0.1) is 24.1 Å². The molecule has 1 heterocycles. The Balaban J connectivity index is 1.91. The number of benzene rings is 3. The molecule has 0 saturated carbocycles. The number of hydrogen-bond acceptors (Lipinski definition) is 4. The van der Waals surface area contributed by atoms with Gasteiger partial charge in [0.2, 0.25) is 0 Å². The summed E-state index contributed by atoms with van der Waals surface area (Å²) in [4.78, 5) is 28.8. The topological polar surface area (TPSA) is 58.6 Å². The predicted molar refractivity (Wildman–Crippen MR) is 133 cm³/mol. The first-order valence-electron chi connectivity index (χ1n) is 10.9. The van der Waals surface area contributed by atoms with Crippen molar-refractivity contribution in [1.82, 2.24) is 0 Å². The second-order valence-corrected chi connectivity index (χ2v) is 8.54. The maximum Gasteiger partial charge on any atom is 0.282 e. The van der Waals surface area contributed by atoms with Crippen molar-refractivity contribution in [3.63, 3.8) is 0 Å². The molecule has 33 heavy (non-hydrogen) atoms. The summed E-state index contributed by atoms with van der Waals surface area (Å²) >= 11 is 0. The van der Waals surface area contributed by atoms with Crippen molar-refractivity contribution in [2.75, 3.05) is 17.3 Å². The van der Waals surface area contributed by atoms with Crippen LogP contribution in [0.25, 0.3) is 5.57 Å². The molecule has 3 aromatic carbocycles. The summed E-state index contributed by atoms with van der Waals surface area (Å²) in [6.45, 7) is 9.88. The number of carbonyl (C=O) groups is 2. The second kappa shape index (κ2) is 8.58. The monoisotopic (exact) mass is 440 g/mol. The van der Waals surface area contributed by atoms with Gasteiger partial charge in [-0.15, -0.1) is 0 Å². The third-order valence-electron chi connectivity index (χ3n) is 6.31. The van der Waals surface area contributed by atoms with Gasteiger partial charge < -0.3 is 10.1 Å². The van der Waals surface area contributed by atoms with Crippen LogP contribution in [0, 0.1) is 34.6 Å². The Hall–Kier alpha value is -3.86. The van der Waals surface area contributed by atoms with Crippen molar-refractivity contribution < 1.29 is 14.3 Å². The smallest absolute Gasteiger partial charge is 0.282 e. The number of hydrogen-bond donors (Lipinski definition) is 1. The first-order valence-corrected chi connectivity index (χ1v) is 10.9. The molecule has 0 atom stereocenters. The summed E-state index contributed by atoms with van der Waals surface area (Å²) in [6, 6.07) is 17.2. The fourth-order valence-corrected chi connectivity index (χ4v) is 4.06. The van der Waals surface area contributed by atoms with Crippen molar-refractivity contribution in [3.05, 3.63) is 93.7 Å². The summed E-state index contributed by atoms with van der Waals surface area (Å²) in [7, 11) is 1.58. The third kappa shape index (κ3) is 3.91.